The van der Waals surface area contributed by atoms with Gasteiger partial charge in [-0.05, 0) is 6.92 Å². The molecule has 0 aliphatic rings. The molecule has 0 fully saturated rings. The molecule has 0 atom stereocenters. The Hall–Kier alpha value is -0.833. The molecule has 0 aliphatic heterocycles. The molecule has 0 saturated heterocycles. The molecule has 0 spiro atoms. The first-order valence-electron chi connectivity index (χ1n) is 4.42. The zero-order valence-electron chi connectivity index (χ0n) is 10.3. The SMILES string of the molecule is C[C-]=O.Cc1cc(CO)c(O)c(CO)c1.[Li+].[OH-]. The van der Waals surface area contributed by atoms with Crippen LogP contribution in [0.25, 0.3) is 0 Å². The summed E-state index contributed by atoms with van der Waals surface area (Å²) in [4.78, 5) is 8.68. The second-order valence-electron chi connectivity index (χ2n) is 2.95. The van der Waals surface area contributed by atoms with E-state index >= 15 is 0 Å². The van der Waals surface area contributed by atoms with E-state index in [0.29, 0.717) is 11.1 Å². The molecule has 0 aromatic heterocycles. The van der Waals surface area contributed by atoms with Gasteiger partial charge in [0, 0.05) is 11.1 Å². The number of phenols is 1. The van der Waals surface area contributed by atoms with Crippen LogP contribution in [-0.2, 0) is 18.0 Å². The fourth-order valence-electron chi connectivity index (χ4n) is 1.18. The van der Waals surface area contributed by atoms with Crippen LogP contribution in [-0.4, -0.2) is 27.1 Å². The average molecular weight is 235 g/mol. The Morgan fingerprint density at radius 1 is 1.18 bits per heavy atom. The third-order valence-electron chi connectivity index (χ3n) is 1.75. The number of aliphatic hydroxyl groups excluding tert-OH is 2. The summed E-state index contributed by atoms with van der Waals surface area (Å²) >= 11 is 0. The number of rotatable bonds is 2. The third-order valence-corrected chi connectivity index (χ3v) is 1.75. The van der Waals surface area contributed by atoms with Crippen LogP contribution in [0.1, 0.15) is 23.6 Å². The van der Waals surface area contributed by atoms with E-state index in [-0.39, 0.29) is 43.3 Å². The Bertz CT molecular complexity index is 303. The van der Waals surface area contributed by atoms with E-state index in [1.54, 1.807) is 12.1 Å². The van der Waals surface area contributed by atoms with Crippen LogP contribution in [0.3, 0.4) is 0 Å². The minimum Gasteiger partial charge on any atom is -0.870 e. The Morgan fingerprint density at radius 2 is 1.47 bits per heavy atom. The molecule has 5 nitrogen and oxygen atoms in total. The van der Waals surface area contributed by atoms with Gasteiger partial charge in [-0.2, -0.15) is 6.92 Å². The second-order valence-corrected chi connectivity index (χ2v) is 2.95. The van der Waals surface area contributed by atoms with E-state index in [1.807, 2.05) is 6.92 Å². The van der Waals surface area contributed by atoms with Crippen molar-refractivity contribution in [2.24, 2.45) is 0 Å². The van der Waals surface area contributed by atoms with Gasteiger partial charge in [0.05, 0.1) is 13.2 Å². The summed E-state index contributed by atoms with van der Waals surface area (Å²) in [5, 5.41) is 27.0. The van der Waals surface area contributed by atoms with Crippen molar-refractivity contribution in [3.05, 3.63) is 28.8 Å². The van der Waals surface area contributed by atoms with Crippen LogP contribution >= 0.6 is 0 Å². The molecule has 0 bridgehead atoms. The maximum Gasteiger partial charge on any atom is 1.00 e. The monoisotopic (exact) mass is 235 g/mol. The third kappa shape index (κ3) is 7.16. The van der Waals surface area contributed by atoms with Crippen molar-refractivity contribution in [1.82, 2.24) is 0 Å². The van der Waals surface area contributed by atoms with Gasteiger partial charge in [0.25, 0.3) is 0 Å². The number of hydrogen-bond acceptors (Lipinski definition) is 5. The molecule has 1 rings (SSSR count). The fourth-order valence-corrected chi connectivity index (χ4v) is 1.18. The molecule has 0 amide bonds. The van der Waals surface area contributed by atoms with Crippen LogP contribution in [0, 0.1) is 6.92 Å². The summed E-state index contributed by atoms with van der Waals surface area (Å²) in [6, 6.07) is 3.38. The number of hydrogen-bond donors (Lipinski definition) is 3. The van der Waals surface area contributed by atoms with Gasteiger partial charge in [-0.3, -0.25) is 6.29 Å². The predicted molar refractivity (Wildman–Crippen MR) is 58.0 cm³/mol. The Balaban J connectivity index is -0.000000356. The van der Waals surface area contributed by atoms with Gasteiger partial charge in [0.2, 0.25) is 0 Å². The molecule has 1 aromatic rings. The second kappa shape index (κ2) is 11.6. The van der Waals surface area contributed by atoms with Crippen molar-refractivity contribution in [3.8, 4) is 5.75 Å². The molecule has 1 aromatic carbocycles. The number of aryl methyl sites for hydroxylation is 1. The first-order valence-corrected chi connectivity index (χ1v) is 4.42. The van der Waals surface area contributed by atoms with Crippen molar-refractivity contribution in [3.63, 3.8) is 0 Å². The molecule has 0 aliphatic carbocycles. The van der Waals surface area contributed by atoms with E-state index in [9.17, 15) is 5.11 Å². The number of aliphatic hydroxyl groups is 2. The number of aromatic hydroxyl groups is 1. The fraction of sp³-hybridized carbons (Fsp3) is 0.364. The average Bonchev–Trinajstić information content (AvgIpc) is 2.22. The molecular formula is C11H16LiO5-. The molecular weight excluding hydrogens is 219 g/mol. The number of carbonyl (C=O) groups excluding carboxylic acids is 1. The van der Waals surface area contributed by atoms with Gasteiger partial charge in [0.1, 0.15) is 5.75 Å². The minimum absolute atomic E-state index is 0. The summed E-state index contributed by atoms with van der Waals surface area (Å²) in [6.45, 7) is 2.75. The summed E-state index contributed by atoms with van der Waals surface area (Å²) < 4.78 is 0. The van der Waals surface area contributed by atoms with Crippen LogP contribution in [0.4, 0.5) is 0 Å². The van der Waals surface area contributed by atoms with Crippen molar-refractivity contribution < 1.29 is 44.5 Å². The molecule has 92 valence electrons. The van der Waals surface area contributed by atoms with Gasteiger partial charge < -0.3 is 25.6 Å². The van der Waals surface area contributed by atoms with E-state index in [1.165, 1.54) is 13.2 Å². The van der Waals surface area contributed by atoms with Crippen LogP contribution in [0.5, 0.6) is 5.75 Å². The van der Waals surface area contributed by atoms with Crippen molar-refractivity contribution >= 4 is 6.29 Å². The molecule has 0 radical (unpaired) electrons. The number of benzene rings is 1. The minimum atomic E-state index is -0.208. The molecule has 4 N–H and O–H groups in total. The van der Waals surface area contributed by atoms with Gasteiger partial charge >= 0.3 is 18.9 Å². The molecule has 0 saturated carbocycles. The zero-order chi connectivity index (χ0) is 11.8. The summed E-state index contributed by atoms with van der Waals surface area (Å²) in [6.07, 6.45) is 1.50. The predicted octanol–water partition coefficient (Wildman–Crippen LogP) is -2.37. The van der Waals surface area contributed by atoms with Gasteiger partial charge in [0.15, 0.2) is 0 Å². The summed E-state index contributed by atoms with van der Waals surface area (Å²) in [5.41, 5.74) is 1.83. The zero-order valence-corrected chi connectivity index (χ0v) is 10.3. The van der Waals surface area contributed by atoms with Crippen LogP contribution in [0.2, 0.25) is 0 Å². The Labute approximate surface area is 113 Å². The van der Waals surface area contributed by atoms with E-state index < -0.39 is 0 Å². The summed E-state index contributed by atoms with van der Waals surface area (Å²) in [5.74, 6) is -0.00870. The van der Waals surface area contributed by atoms with Crippen molar-refractivity contribution in [1.29, 1.82) is 0 Å². The van der Waals surface area contributed by atoms with Crippen molar-refractivity contribution in [2.75, 3.05) is 0 Å². The first kappa shape index (κ1) is 21.5. The largest absolute Gasteiger partial charge is 1.00 e. The van der Waals surface area contributed by atoms with Crippen LogP contribution in [0.15, 0.2) is 12.1 Å². The molecule has 0 unspecified atom stereocenters. The topological polar surface area (TPSA) is 108 Å². The maximum absolute atomic E-state index is 9.39. The Morgan fingerprint density at radius 3 is 1.71 bits per heavy atom. The standard InChI is InChI=1S/C9H12O3.C2H3O.Li.H2O/c1-6-2-7(4-10)9(12)8(3-6)5-11;1-2-3;;/h2-3,10-12H,4-5H2,1H3;1H3;;1H2/q;-1;+1;/p-1. The van der Waals surface area contributed by atoms with E-state index in [4.69, 9.17) is 15.0 Å². The summed E-state index contributed by atoms with van der Waals surface area (Å²) in [7, 11) is 0. The first-order chi connectivity index (χ1) is 7.10. The van der Waals surface area contributed by atoms with Crippen molar-refractivity contribution in [2.45, 2.75) is 27.1 Å². The quantitative estimate of drug-likeness (QED) is 0.392. The van der Waals surface area contributed by atoms with Gasteiger partial charge in [-0.1, -0.05) is 17.7 Å². The van der Waals surface area contributed by atoms with Gasteiger partial charge in [-0.15, -0.1) is 0 Å². The normalized spacial score (nSPS) is 8.00. The smallest absolute Gasteiger partial charge is 0.870 e. The molecule has 6 heteroatoms. The Kier molecular flexibility index (Phi) is 14.7. The van der Waals surface area contributed by atoms with Crippen LogP contribution < -0.4 is 18.9 Å². The molecule has 0 heterocycles. The van der Waals surface area contributed by atoms with Gasteiger partial charge in [-0.25, -0.2) is 0 Å². The van der Waals surface area contributed by atoms with E-state index in [0.717, 1.165) is 5.56 Å². The molecule has 17 heavy (non-hydrogen) atoms. The maximum atomic E-state index is 9.39. The van der Waals surface area contributed by atoms with E-state index in [2.05, 4.69) is 0 Å².